The summed E-state index contributed by atoms with van der Waals surface area (Å²) >= 11 is 3.35. The second-order valence-electron chi connectivity index (χ2n) is 3.50. The Morgan fingerprint density at radius 3 is 3.00 bits per heavy atom. The lowest BCUT2D eigenvalue weighted by atomic mass is 10.2. The van der Waals surface area contributed by atoms with Gasteiger partial charge in [0, 0.05) is 24.4 Å². The molecule has 1 N–H and O–H groups in total. The molecule has 0 saturated carbocycles. The fraction of sp³-hybridized carbons (Fsp3) is 0.444. The van der Waals surface area contributed by atoms with Crippen LogP contribution in [-0.2, 0) is 4.79 Å². The Kier molecular flexibility index (Phi) is 2.86. The number of aromatic nitrogens is 2. The van der Waals surface area contributed by atoms with Gasteiger partial charge in [-0.05, 0) is 5.92 Å². The van der Waals surface area contributed by atoms with Crippen LogP contribution in [-0.4, -0.2) is 27.7 Å². The normalized spacial score (nSPS) is 21.0. The molecule has 80 valence electrons. The Morgan fingerprint density at radius 1 is 1.60 bits per heavy atom. The minimum absolute atomic E-state index is 0.0255. The zero-order chi connectivity index (χ0) is 10.8. The number of halogens is 1. The average Bonchev–Trinajstić information content (AvgIpc) is 2.60. The van der Waals surface area contributed by atoms with Crippen LogP contribution in [0.25, 0.3) is 0 Å². The van der Waals surface area contributed by atoms with Gasteiger partial charge in [-0.15, -0.1) is 0 Å². The Hall–Kier alpha value is -1.17. The van der Waals surface area contributed by atoms with Crippen molar-refractivity contribution in [1.82, 2.24) is 9.97 Å². The summed E-state index contributed by atoms with van der Waals surface area (Å²) in [7, 11) is 0. The molecule has 0 spiro atoms. The fourth-order valence-corrected chi connectivity index (χ4v) is 2.05. The first-order valence-electron chi connectivity index (χ1n) is 4.62. The van der Waals surface area contributed by atoms with E-state index in [1.54, 1.807) is 4.90 Å². The number of rotatable bonds is 2. The first kappa shape index (κ1) is 10.4. The summed E-state index contributed by atoms with van der Waals surface area (Å²) in [4.78, 5) is 30.6. The van der Waals surface area contributed by atoms with Crippen LogP contribution in [0.2, 0.25) is 0 Å². The lowest BCUT2D eigenvalue weighted by Crippen LogP contribution is -2.27. The lowest BCUT2D eigenvalue weighted by molar-refractivity contribution is -0.117. The number of nitrogens with zero attached hydrogens (tertiary/aromatic N) is 2. The van der Waals surface area contributed by atoms with Crippen molar-refractivity contribution in [2.75, 3.05) is 16.8 Å². The molecule has 1 aliphatic heterocycles. The highest BCUT2D eigenvalue weighted by Gasteiger charge is 2.30. The van der Waals surface area contributed by atoms with Crippen molar-refractivity contribution in [3.8, 4) is 0 Å². The predicted molar refractivity (Wildman–Crippen MR) is 59.1 cm³/mol. The molecule has 2 heterocycles. The SMILES string of the molecule is O=C1CC(CBr)CN1c1cc(=O)[nH]cn1. The van der Waals surface area contributed by atoms with Crippen LogP contribution in [0.5, 0.6) is 0 Å². The minimum Gasteiger partial charge on any atom is -0.313 e. The topological polar surface area (TPSA) is 66.1 Å². The van der Waals surface area contributed by atoms with E-state index < -0.39 is 0 Å². The molecule has 2 rings (SSSR count). The summed E-state index contributed by atoms with van der Waals surface area (Å²) in [5, 5.41) is 0.790. The molecule has 1 atom stereocenters. The Morgan fingerprint density at radius 2 is 2.40 bits per heavy atom. The smallest absolute Gasteiger partial charge is 0.252 e. The van der Waals surface area contributed by atoms with E-state index in [1.807, 2.05) is 0 Å². The third-order valence-corrected chi connectivity index (χ3v) is 3.28. The van der Waals surface area contributed by atoms with Gasteiger partial charge < -0.3 is 4.98 Å². The summed E-state index contributed by atoms with van der Waals surface area (Å²) in [6, 6.07) is 1.34. The van der Waals surface area contributed by atoms with Gasteiger partial charge in [0.05, 0.1) is 6.33 Å². The van der Waals surface area contributed by atoms with E-state index >= 15 is 0 Å². The van der Waals surface area contributed by atoms with Gasteiger partial charge in [0.1, 0.15) is 5.82 Å². The van der Waals surface area contributed by atoms with Crippen LogP contribution < -0.4 is 10.5 Å². The van der Waals surface area contributed by atoms with Gasteiger partial charge in [-0.2, -0.15) is 0 Å². The van der Waals surface area contributed by atoms with E-state index in [4.69, 9.17) is 0 Å². The number of carbonyl (C=O) groups is 1. The zero-order valence-corrected chi connectivity index (χ0v) is 9.53. The molecule has 1 fully saturated rings. The summed E-state index contributed by atoms with van der Waals surface area (Å²) in [5.41, 5.74) is -0.241. The number of amides is 1. The second kappa shape index (κ2) is 4.14. The molecule has 1 aromatic heterocycles. The van der Waals surface area contributed by atoms with Gasteiger partial charge >= 0.3 is 0 Å². The standard InChI is InChI=1S/C9H10BrN3O2/c10-3-6-1-9(15)13(4-6)7-2-8(14)12-5-11-7/h2,5-6H,1,3-4H2,(H,11,12,14). The van der Waals surface area contributed by atoms with E-state index in [2.05, 4.69) is 25.9 Å². The zero-order valence-electron chi connectivity index (χ0n) is 7.94. The quantitative estimate of drug-likeness (QED) is 0.798. The van der Waals surface area contributed by atoms with Crippen LogP contribution in [0.3, 0.4) is 0 Å². The monoisotopic (exact) mass is 271 g/mol. The van der Waals surface area contributed by atoms with Crippen molar-refractivity contribution < 1.29 is 4.79 Å². The molecule has 1 aliphatic rings. The van der Waals surface area contributed by atoms with Gasteiger partial charge in [0.15, 0.2) is 0 Å². The highest BCUT2D eigenvalue weighted by atomic mass is 79.9. The number of hydrogen-bond donors (Lipinski definition) is 1. The van der Waals surface area contributed by atoms with Crippen LogP contribution in [0.15, 0.2) is 17.2 Å². The molecule has 1 aromatic rings. The van der Waals surface area contributed by atoms with Crippen LogP contribution in [0.4, 0.5) is 5.82 Å². The van der Waals surface area contributed by atoms with Crippen molar-refractivity contribution in [3.63, 3.8) is 0 Å². The molecule has 0 aromatic carbocycles. The first-order valence-corrected chi connectivity index (χ1v) is 5.74. The maximum Gasteiger partial charge on any atom is 0.252 e. The maximum absolute atomic E-state index is 11.6. The lowest BCUT2D eigenvalue weighted by Gasteiger charge is -2.13. The van der Waals surface area contributed by atoms with Crippen LogP contribution in [0.1, 0.15) is 6.42 Å². The Bertz CT molecular complexity index is 431. The summed E-state index contributed by atoms with van der Waals surface area (Å²) in [5.74, 6) is 0.767. The highest BCUT2D eigenvalue weighted by Crippen LogP contribution is 2.23. The van der Waals surface area contributed by atoms with Crippen molar-refractivity contribution in [2.45, 2.75) is 6.42 Å². The second-order valence-corrected chi connectivity index (χ2v) is 4.15. The van der Waals surface area contributed by atoms with Crippen molar-refractivity contribution in [2.24, 2.45) is 5.92 Å². The first-order chi connectivity index (χ1) is 7.20. The molecule has 0 aliphatic carbocycles. The highest BCUT2D eigenvalue weighted by molar-refractivity contribution is 9.09. The molecular formula is C9H10BrN3O2. The van der Waals surface area contributed by atoms with Gasteiger partial charge in [-0.3, -0.25) is 14.5 Å². The number of alkyl halides is 1. The average molecular weight is 272 g/mol. The molecule has 5 nitrogen and oxygen atoms in total. The molecule has 1 amide bonds. The largest absolute Gasteiger partial charge is 0.313 e. The number of H-pyrrole nitrogens is 1. The minimum atomic E-state index is -0.241. The number of carbonyl (C=O) groups excluding carboxylic acids is 1. The molecule has 1 unspecified atom stereocenters. The number of nitrogens with one attached hydrogen (secondary N) is 1. The van der Waals surface area contributed by atoms with Crippen molar-refractivity contribution in [1.29, 1.82) is 0 Å². The number of aromatic amines is 1. The fourth-order valence-electron chi connectivity index (χ4n) is 1.61. The Labute approximate surface area is 94.6 Å². The van der Waals surface area contributed by atoms with Gasteiger partial charge in [0.2, 0.25) is 5.91 Å². The molecule has 0 radical (unpaired) electrons. The maximum atomic E-state index is 11.6. The van der Waals surface area contributed by atoms with E-state index in [9.17, 15) is 9.59 Å². The van der Waals surface area contributed by atoms with Crippen molar-refractivity contribution >= 4 is 27.7 Å². The third kappa shape index (κ3) is 2.09. The number of hydrogen-bond acceptors (Lipinski definition) is 3. The molecule has 1 saturated heterocycles. The van der Waals surface area contributed by atoms with Gasteiger partial charge in [-0.25, -0.2) is 4.98 Å². The Balaban J connectivity index is 2.25. The van der Waals surface area contributed by atoms with E-state index in [0.717, 1.165) is 5.33 Å². The third-order valence-electron chi connectivity index (χ3n) is 2.36. The van der Waals surface area contributed by atoms with Crippen LogP contribution >= 0.6 is 15.9 Å². The molecule has 15 heavy (non-hydrogen) atoms. The predicted octanol–water partition coefficient (Wildman–Crippen LogP) is 0.518. The summed E-state index contributed by atoms with van der Waals surface area (Å²) < 4.78 is 0. The van der Waals surface area contributed by atoms with Gasteiger partial charge in [-0.1, -0.05) is 15.9 Å². The summed E-state index contributed by atoms with van der Waals surface area (Å²) in [6.45, 7) is 0.626. The van der Waals surface area contributed by atoms with Crippen LogP contribution in [0, 0.1) is 5.92 Å². The van der Waals surface area contributed by atoms with Gasteiger partial charge in [0.25, 0.3) is 5.56 Å². The van der Waals surface area contributed by atoms with E-state index in [1.165, 1.54) is 12.4 Å². The van der Waals surface area contributed by atoms with E-state index in [0.29, 0.717) is 24.7 Å². The molecular weight excluding hydrogens is 262 g/mol. The number of anilines is 1. The summed E-state index contributed by atoms with van der Waals surface area (Å²) in [6.07, 6.45) is 1.83. The van der Waals surface area contributed by atoms with Crippen molar-refractivity contribution in [3.05, 3.63) is 22.7 Å². The molecule has 6 heteroatoms. The van der Waals surface area contributed by atoms with E-state index in [-0.39, 0.29) is 11.5 Å². The molecule has 0 bridgehead atoms.